The molecule has 1 aliphatic rings. The molecule has 26 heavy (non-hydrogen) atoms. The topological polar surface area (TPSA) is 102 Å². The third-order valence-corrected chi connectivity index (χ3v) is 5.03. The Balaban J connectivity index is 2.79. The van der Waals surface area contributed by atoms with Crippen molar-refractivity contribution in [3.05, 3.63) is 60.0 Å². The largest absolute Gasteiger partial charge is 0.465 e. The average molecular weight is 378 g/mol. The fraction of sp³-hybridized carbons (Fsp3) is 0.176. The van der Waals surface area contributed by atoms with Crippen molar-refractivity contribution in [1.29, 1.82) is 0 Å². The summed E-state index contributed by atoms with van der Waals surface area (Å²) in [6, 6.07) is 6.07. The number of benzene rings is 1. The third kappa shape index (κ3) is 3.68. The van der Waals surface area contributed by atoms with Crippen LogP contribution in [0.25, 0.3) is 0 Å². The number of nitrogens with zero attached hydrogens (tertiary/aromatic N) is 1. The zero-order valence-electron chi connectivity index (χ0n) is 14.4. The standard InChI is InChI=1S/C17H18N2O6S/c1-18-26(22,23)14-10-5-4-9-13(14)19-11-7-6-8-12(16(20)24-2)15(19)17(21)25-3/h4-11,18H,1-3H3. The number of methoxy groups -OCH3 is 2. The van der Waals surface area contributed by atoms with Crippen LogP contribution in [0.2, 0.25) is 0 Å². The van der Waals surface area contributed by atoms with E-state index in [0.717, 1.165) is 7.11 Å². The highest BCUT2D eigenvalue weighted by molar-refractivity contribution is 7.89. The second-order valence-electron chi connectivity index (χ2n) is 4.99. The van der Waals surface area contributed by atoms with Gasteiger partial charge < -0.3 is 14.4 Å². The molecule has 0 amide bonds. The number of sulfonamides is 1. The van der Waals surface area contributed by atoms with E-state index in [1.165, 1.54) is 49.5 Å². The van der Waals surface area contributed by atoms with Gasteiger partial charge in [0.25, 0.3) is 0 Å². The van der Waals surface area contributed by atoms with E-state index in [1.807, 2.05) is 0 Å². The highest BCUT2D eigenvalue weighted by atomic mass is 32.2. The Hall–Kier alpha value is -2.91. The first-order valence-electron chi connectivity index (χ1n) is 7.45. The van der Waals surface area contributed by atoms with Gasteiger partial charge in [0, 0.05) is 6.20 Å². The summed E-state index contributed by atoms with van der Waals surface area (Å²) in [5.74, 6) is -1.58. The van der Waals surface area contributed by atoms with E-state index in [2.05, 4.69) is 4.72 Å². The molecule has 1 aliphatic heterocycles. The van der Waals surface area contributed by atoms with Gasteiger partial charge in [-0.25, -0.2) is 22.7 Å². The number of carbonyl (C=O) groups excluding carboxylic acids is 2. The fourth-order valence-corrected chi connectivity index (χ4v) is 3.26. The van der Waals surface area contributed by atoms with Crippen molar-refractivity contribution in [2.45, 2.75) is 4.90 Å². The van der Waals surface area contributed by atoms with Crippen LogP contribution in [0.5, 0.6) is 0 Å². The maximum absolute atomic E-state index is 12.4. The van der Waals surface area contributed by atoms with Crippen LogP contribution in [0.15, 0.2) is 64.9 Å². The summed E-state index contributed by atoms with van der Waals surface area (Å²) in [5.41, 5.74) is -0.0623. The second-order valence-corrected chi connectivity index (χ2v) is 6.85. The zero-order valence-corrected chi connectivity index (χ0v) is 15.2. The van der Waals surface area contributed by atoms with Crippen LogP contribution < -0.4 is 9.62 Å². The molecule has 1 N–H and O–H groups in total. The van der Waals surface area contributed by atoms with Gasteiger partial charge in [0.15, 0.2) is 0 Å². The molecule has 0 unspecified atom stereocenters. The Labute approximate surface area is 151 Å². The number of carbonyl (C=O) groups is 2. The quantitative estimate of drug-likeness (QED) is 0.765. The number of hydrogen-bond acceptors (Lipinski definition) is 7. The molecule has 8 nitrogen and oxygen atoms in total. The summed E-state index contributed by atoms with van der Waals surface area (Å²) in [6.45, 7) is 0. The Kier molecular flexibility index (Phi) is 5.96. The molecule has 0 radical (unpaired) electrons. The summed E-state index contributed by atoms with van der Waals surface area (Å²) in [7, 11) is -0.201. The van der Waals surface area contributed by atoms with E-state index in [4.69, 9.17) is 9.47 Å². The summed E-state index contributed by atoms with van der Waals surface area (Å²) in [4.78, 5) is 25.8. The van der Waals surface area contributed by atoms with Crippen LogP contribution in [0.4, 0.5) is 5.69 Å². The Morgan fingerprint density at radius 2 is 1.69 bits per heavy atom. The predicted molar refractivity (Wildman–Crippen MR) is 94.5 cm³/mol. The molecule has 0 saturated heterocycles. The lowest BCUT2D eigenvalue weighted by molar-refractivity contribution is -0.139. The first kappa shape index (κ1) is 19.4. The molecule has 138 valence electrons. The summed E-state index contributed by atoms with van der Waals surface area (Å²) in [5, 5.41) is 0. The minimum Gasteiger partial charge on any atom is -0.465 e. The van der Waals surface area contributed by atoms with Crippen molar-refractivity contribution in [1.82, 2.24) is 4.72 Å². The molecular weight excluding hydrogens is 360 g/mol. The lowest BCUT2D eigenvalue weighted by Crippen LogP contribution is -2.29. The van der Waals surface area contributed by atoms with Crippen LogP contribution in [0, 0.1) is 0 Å². The van der Waals surface area contributed by atoms with Crippen LogP contribution in [-0.4, -0.2) is 41.6 Å². The summed E-state index contributed by atoms with van der Waals surface area (Å²) < 4.78 is 36.5. The van der Waals surface area contributed by atoms with E-state index in [0.29, 0.717) is 0 Å². The molecule has 0 saturated carbocycles. The molecule has 1 aromatic rings. The van der Waals surface area contributed by atoms with Crippen LogP contribution in [0.1, 0.15) is 0 Å². The van der Waals surface area contributed by atoms with Crippen molar-refractivity contribution in [2.75, 3.05) is 26.2 Å². The number of nitrogens with one attached hydrogen (secondary N) is 1. The Morgan fingerprint density at radius 1 is 1.04 bits per heavy atom. The molecule has 0 aromatic heterocycles. The molecule has 1 heterocycles. The molecule has 0 spiro atoms. The van der Waals surface area contributed by atoms with Gasteiger partial charge in [-0.15, -0.1) is 0 Å². The zero-order chi connectivity index (χ0) is 19.3. The van der Waals surface area contributed by atoms with Crippen molar-refractivity contribution >= 4 is 27.6 Å². The number of allylic oxidation sites excluding steroid dienone is 2. The van der Waals surface area contributed by atoms with Crippen LogP contribution in [0.3, 0.4) is 0 Å². The van der Waals surface area contributed by atoms with Gasteiger partial charge in [-0.1, -0.05) is 18.2 Å². The smallest absolute Gasteiger partial charge is 0.355 e. The number of para-hydroxylation sites is 1. The predicted octanol–water partition coefficient (Wildman–Crippen LogP) is 1.08. The molecule has 0 bridgehead atoms. The molecule has 0 fully saturated rings. The molecule has 0 atom stereocenters. The van der Waals surface area contributed by atoms with Crippen LogP contribution >= 0.6 is 0 Å². The summed E-state index contributed by atoms with van der Waals surface area (Å²) >= 11 is 0. The average Bonchev–Trinajstić information content (AvgIpc) is 2.89. The second kappa shape index (κ2) is 7.98. The number of esters is 2. The van der Waals surface area contributed by atoms with E-state index < -0.39 is 22.0 Å². The SMILES string of the molecule is CNS(=O)(=O)c1ccccc1N1C=CC=CC(C(=O)OC)=C1C(=O)OC. The van der Waals surface area contributed by atoms with Crippen molar-refractivity contribution < 1.29 is 27.5 Å². The lowest BCUT2D eigenvalue weighted by atomic mass is 10.1. The first-order chi connectivity index (χ1) is 12.4. The van der Waals surface area contributed by atoms with E-state index in [-0.39, 0.29) is 21.9 Å². The van der Waals surface area contributed by atoms with Gasteiger partial charge in [-0.05, 0) is 31.3 Å². The van der Waals surface area contributed by atoms with E-state index >= 15 is 0 Å². The molecule has 1 aromatic carbocycles. The van der Waals surface area contributed by atoms with Gasteiger partial charge in [0.2, 0.25) is 10.0 Å². The molecule has 9 heteroatoms. The van der Waals surface area contributed by atoms with E-state index in [9.17, 15) is 18.0 Å². The van der Waals surface area contributed by atoms with E-state index in [1.54, 1.807) is 18.2 Å². The minimum absolute atomic E-state index is 0.0685. The van der Waals surface area contributed by atoms with Crippen molar-refractivity contribution in [3.8, 4) is 0 Å². The number of anilines is 1. The third-order valence-electron chi connectivity index (χ3n) is 3.57. The highest BCUT2D eigenvalue weighted by Crippen LogP contribution is 2.31. The van der Waals surface area contributed by atoms with Gasteiger partial charge >= 0.3 is 11.9 Å². The van der Waals surface area contributed by atoms with Crippen molar-refractivity contribution in [2.24, 2.45) is 0 Å². The van der Waals surface area contributed by atoms with Crippen LogP contribution in [-0.2, 0) is 29.1 Å². The first-order valence-corrected chi connectivity index (χ1v) is 8.93. The van der Waals surface area contributed by atoms with Gasteiger partial charge in [-0.3, -0.25) is 0 Å². The number of hydrogen-bond donors (Lipinski definition) is 1. The number of ether oxygens (including phenoxy) is 2. The van der Waals surface area contributed by atoms with Crippen molar-refractivity contribution in [3.63, 3.8) is 0 Å². The summed E-state index contributed by atoms with van der Waals surface area (Å²) in [6.07, 6.45) is 5.94. The molecular formula is C17H18N2O6S. The van der Waals surface area contributed by atoms with Gasteiger partial charge in [0.1, 0.15) is 10.6 Å². The Bertz CT molecular complexity index is 915. The molecule has 0 aliphatic carbocycles. The maximum atomic E-state index is 12.4. The normalized spacial score (nSPS) is 14.2. The Morgan fingerprint density at radius 3 is 2.31 bits per heavy atom. The molecule has 2 rings (SSSR count). The monoisotopic (exact) mass is 378 g/mol. The fourth-order valence-electron chi connectivity index (χ4n) is 2.34. The lowest BCUT2D eigenvalue weighted by Gasteiger charge is -2.25. The maximum Gasteiger partial charge on any atom is 0.355 e. The minimum atomic E-state index is -3.83. The van der Waals surface area contributed by atoms with Gasteiger partial charge in [-0.2, -0.15) is 0 Å². The number of rotatable bonds is 5. The van der Waals surface area contributed by atoms with Gasteiger partial charge in [0.05, 0.1) is 25.5 Å². The highest BCUT2D eigenvalue weighted by Gasteiger charge is 2.30.